The Morgan fingerprint density at radius 2 is 2.11 bits per heavy atom. The van der Waals surface area contributed by atoms with Crippen LogP contribution in [0.25, 0.3) is 0 Å². The van der Waals surface area contributed by atoms with Gasteiger partial charge in [0.1, 0.15) is 0 Å². The maximum Gasteiger partial charge on any atom is 0.0431 e. The molecule has 0 saturated carbocycles. The summed E-state index contributed by atoms with van der Waals surface area (Å²) in [6, 6.07) is 9.69. The summed E-state index contributed by atoms with van der Waals surface area (Å²) in [6.07, 6.45) is 4.33. The molecule has 2 nitrogen and oxygen atoms in total. The zero-order valence-corrected chi connectivity index (χ0v) is 12.4. The molecule has 0 bridgehead atoms. The third kappa shape index (κ3) is 3.37. The summed E-state index contributed by atoms with van der Waals surface area (Å²) in [7, 11) is 0. The van der Waals surface area contributed by atoms with Crippen LogP contribution in [0.2, 0.25) is 0 Å². The van der Waals surface area contributed by atoms with Crippen LogP contribution in [0, 0.1) is 5.41 Å². The Labute approximate surface area is 117 Å². The van der Waals surface area contributed by atoms with Crippen molar-refractivity contribution in [2.45, 2.75) is 58.5 Å². The first-order chi connectivity index (χ1) is 9.04. The second-order valence-electron chi connectivity index (χ2n) is 6.55. The molecular formula is C17H27NO. The van der Waals surface area contributed by atoms with Crippen LogP contribution in [0.5, 0.6) is 0 Å². The van der Waals surface area contributed by atoms with E-state index in [2.05, 4.69) is 50.4 Å². The molecule has 1 aromatic carbocycles. The van der Waals surface area contributed by atoms with Gasteiger partial charge >= 0.3 is 0 Å². The van der Waals surface area contributed by atoms with Gasteiger partial charge in [-0.25, -0.2) is 0 Å². The number of rotatable bonds is 5. The number of aryl methyl sites for hydroxylation is 1. The highest BCUT2D eigenvalue weighted by Gasteiger charge is 2.35. The van der Waals surface area contributed by atoms with E-state index >= 15 is 0 Å². The van der Waals surface area contributed by atoms with Gasteiger partial charge in [0, 0.05) is 18.7 Å². The Balaban J connectivity index is 2.16. The predicted octanol–water partition coefficient (Wildman–Crippen LogP) is 3.45. The number of hydrogen-bond donors (Lipinski definition) is 2. The molecule has 106 valence electrons. The monoisotopic (exact) mass is 261 g/mol. The fourth-order valence-electron chi connectivity index (χ4n) is 3.15. The van der Waals surface area contributed by atoms with E-state index in [1.165, 1.54) is 24.0 Å². The molecule has 2 rings (SSSR count). The Bertz CT molecular complexity index is 413. The van der Waals surface area contributed by atoms with Crippen LogP contribution < -0.4 is 5.32 Å². The lowest BCUT2D eigenvalue weighted by Crippen LogP contribution is -2.42. The molecule has 1 aliphatic rings. The summed E-state index contributed by atoms with van der Waals surface area (Å²) < 4.78 is 0. The van der Waals surface area contributed by atoms with Crippen LogP contribution in [0.3, 0.4) is 0 Å². The smallest absolute Gasteiger partial charge is 0.0431 e. The van der Waals surface area contributed by atoms with Crippen molar-refractivity contribution in [3.8, 4) is 0 Å². The Morgan fingerprint density at radius 3 is 2.84 bits per heavy atom. The van der Waals surface area contributed by atoms with Crippen LogP contribution in [-0.2, 0) is 6.42 Å². The minimum Gasteiger partial charge on any atom is -0.396 e. The standard InChI is InChI=1S/C17H27NO/c1-13(7-6-12-19)18-16-15-9-5-4-8-14(15)10-11-17(16,2)3/h4-5,8-9,13,16,18-19H,6-7,10-12H2,1-3H3. The molecule has 2 heteroatoms. The van der Waals surface area contributed by atoms with Gasteiger partial charge in [0.25, 0.3) is 0 Å². The molecule has 2 N–H and O–H groups in total. The second-order valence-corrected chi connectivity index (χ2v) is 6.55. The van der Waals surface area contributed by atoms with E-state index in [1.807, 2.05) is 0 Å². The van der Waals surface area contributed by atoms with Crippen LogP contribution in [0.4, 0.5) is 0 Å². The molecule has 1 aliphatic carbocycles. The molecule has 0 saturated heterocycles. The van der Waals surface area contributed by atoms with E-state index in [-0.39, 0.29) is 6.61 Å². The summed E-state index contributed by atoms with van der Waals surface area (Å²) in [5.74, 6) is 0. The molecule has 2 unspecified atom stereocenters. The molecule has 0 radical (unpaired) electrons. The highest BCUT2D eigenvalue weighted by atomic mass is 16.2. The molecule has 0 fully saturated rings. The Kier molecular flexibility index (Phi) is 4.64. The van der Waals surface area contributed by atoms with Crippen molar-refractivity contribution in [2.24, 2.45) is 5.41 Å². The van der Waals surface area contributed by atoms with Crippen molar-refractivity contribution in [3.63, 3.8) is 0 Å². The van der Waals surface area contributed by atoms with E-state index < -0.39 is 0 Å². The number of aliphatic hydroxyl groups is 1. The first-order valence-electron chi connectivity index (χ1n) is 7.49. The minimum atomic E-state index is 0.288. The summed E-state index contributed by atoms with van der Waals surface area (Å²) in [5, 5.41) is 12.7. The molecule has 0 amide bonds. The lowest BCUT2D eigenvalue weighted by molar-refractivity contribution is 0.189. The Hall–Kier alpha value is -0.860. The van der Waals surface area contributed by atoms with Gasteiger partial charge < -0.3 is 10.4 Å². The number of aliphatic hydroxyl groups excluding tert-OH is 1. The summed E-state index contributed by atoms with van der Waals surface area (Å²) >= 11 is 0. The van der Waals surface area contributed by atoms with Crippen molar-refractivity contribution in [1.29, 1.82) is 0 Å². The van der Waals surface area contributed by atoms with E-state index in [0.717, 1.165) is 12.8 Å². The minimum absolute atomic E-state index is 0.288. The van der Waals surface area contributed by atoms with Gasteiger partial charge in [-0.3, -0.25) is 0 Å². The zero-order chi connectivity index (χ0) is 13.9. The molecule has 0 aromatic heterocycles. The van der Waals surface area contributed by atoms with Gasteiger partial charge in [0.15, 0.2) is 0 Å². The average molecular weight is 261 g/mol. The lowest BCUT2D eigenvalue weighted by Gasteiger charge is -2.42. The molecule has 1 aromatic rings. The first kappa shape index (κ1) is 14.5. The summed E-state index contributed by atoms with van der Waals surface area (Å²) in [5.41, 5.74) is 3.25. The third-order valence-corrected chi connectivity index (χ3v) is 4.43. The maximum atomic E-state index is 8.95. The molecule has 0 heterocycles. The van der Waals surface area contributed by atoms with Crippen molar-refractivity contribution in [3.05, 3.63) is 35.4 Å². The van der Waals surface area contributed by atoms with Crippen LogP contribution in [-0.4, -0.2) is 17.8 Å². The Morgan fingerprint density at radius 1 is 1.37 bits per heavy atom. The van der Waals surface area contributed by atoms with E-state index in [1.54, 1.807) is 0 Å². The van der Waals surface area contributed by atoms with Gasteiger partial charge in [0.2, 0.25) is 0 Å². The van der Waals surface area contributed by atoms with Gasteiger partial charge in [-0.15, -0.1) is 0 Å². The average Bonchev–Trinajstić information content (AvgIpc) is 2.40. The highest BCUT2D eigenvalue weighted by Crippen LogP contribution is 2.43. The van der Waals surface area contributed by atoms with Gasteiger partial charge in [-0.1, -0.05) is 38.1 Å². The van der Waals surface area contributed by atoms with Gasteiger partial charge in [-0.05, 0) is 49.1 Å². The quantitative estimate of drug-likeness (QED) is 0.851. The van der Waals surface area contributed by atoms with Crippen molar-refractivity contribution in [1.82, 2.24) is 5.32 Å². The SMILES string of the molecule is CC(CCCO)NC1c2ccccc2CCC1(C)C. The molecular weight excluding hydrogens is 234 g/mol. The highest BCUT2D eigenvalue weighted by molar-refractivity contribution is 5.34. The second kappa shape index (κ2) is 6.06. The summed E-state index contributed by atoms with van der Waals surface area (Å²) in [6.45, 7) is 7.23. The number of fused-ring (bicyclic) bond motifs is 1. The fourth-order valence-corrected chi connectivity index (χ4v) is 3.15. The lowest BCUT2D eigenvalue weighted by atomic mass is 9.70. The van der Waals surface area contributed by atoms with E-state index in [0.29, 0.717) is 17.5 Å². The zero-order valence-electron chi connectivity index (χ0n) is 12.4. The van der Waals surface area contributed by atoms with Crippen molar-refractivity contribution in [2.75, 3.05) is 6.61 Å². The fraction of sp³-hybridized carbons (Fsp3) is 0.647. The molecule has 0 spiro atoms. The topological polar surface area (TPSA) is 32.3 Å². The van der Waals surface area contributed by atoms with E-state index in [9.17, 15) is 0 Å². The van der Waals surface area contributed by atoms with Crippen LogP contribution in [0.1, 0.15) is 57.2 Å². The molecule has 0 aliphatic heterocycles. The van der Waals surface area contributed by atoms with Gasteiger partial charge in [0.05, 0.1) is 0 Å². The summed E-state index contributed by atoms with van der Waals surface area (Å²) in [4.78, 5) is 0. The number of nitrogens with one attached hydrogen (secondary N) is 1. The molecule has 2 atom stereocenters. The number of hydrogen-bond acceptors (Lipinski definition) is 2. The van der Waals surface area contributed by atoms with Crippen molar-refractivity contribution < 1.29 is 5.11 Å². The number of benzene rings is 1. The molecule has 19 heavy (non-hydrogen) atoms. The third-order valence-electron chi connectivity index (χ3n) is 4.43. The first-order valence-corrected chi connectivity index (χ1v) is 7.49. The van der Waals surface area contributed by atoms with Crippen LogP contribution in [0.15, 0.2) is 24.3 Å². The van der Waals surface area contributed by atoms with E-state index in [4.69, 9.17) is 5.11 Å². The van der Waals surface area contributed by atoms with Crippen molar-refractivity contribution >= 4 is 0 Å². The largest absolute Gasteiger partial charge is 0.396 e. The maximum absolute atomic E-state index is 8.95. The predicted molar refractivity (Wildman–Crippen MR) is 80.2 cm³/mol. The normalized spacial score (nSPS) is 22.8. The van der Waals surface area contributed by atoms with Crippen LogP contribution >= 0.6 is 0 Å². The van der Waals surface area contributed by atoms with Gasteiger partial charge in [-0.2, -0.15) is 0 Å².